The van der Waals surface area contributed by atoms with Crippen molar-refractivity contribution in [3.63, 3.8) is 0 Å². The Balaban J connectivity index is 2.13. The van der Waals surface area contributed by atoms with Gasteiger partial charge in [0.05, 0.1) is 0 Å². The quantitative estimate of drug-likeness (QED) is 0.771. The second-order valence-electron chi connectivity index (χ2n) is 4.45. The number of aryl methyl sites for hydroxylation is 1. The van der Waals surface area contributed by atoms with E-state index in [9.17, 15) is 4.39 Å². The molecule has 2 aromatic rings. The lowest BCUT2D eigenvalue weighted by Crippen LogP contribution is -2.20. The zero-order chi connectivity index (χ0) is 14.7. The molecule has 0 radical (unpaired) electrons. The predicted octanol–water partition coefficient (Wildman–Crippen LogP) is 4.90. The van der Waals surface area contributed by atoms with Crippen LogP contribution in [0, 0.1) is 19.7 Å². The summed E-state index contributed by atoms with van der Waals surface area (Å²) in [7, 11) is 0. The molecule has 20 heavy (non-hydrogen) atoms. The highest BCUT2D eigenvalue weighted by Gasteiger charge is 2.06. The minimum atomic E-state index is -0.267. The van der Waals surface area contributed by atoms with Crippen LogP contribution in [-0.4, -0.2) is 5.11 Å². The minimum Gasteiger partial charge on any atom is -0.332 e. The fourth-order valence-electron chi connectivity index (χ4n) is 1.75. The van der Waals surface area contributed by atoms with Gasteiger partial charge in [0.25, 0.3) is 0 Å². The van der Waals surface area contributed by atoms with Crippen LogP contribution in [0.2, 0.25) is 5.02 Å². The van der Waals surface area contributed by atoms with Gasteiger partial charge in [0.1, 0.15) is 5.82 Å². The summed E-state index contributed by atoms with van der Waals surface area (Å²) in [5, 5.41) is 7.06. The van der Waals surface area contributed by atoms with Crippen molar-refractivity contribution < 1.29 is 4.39 Å². The van der Waals surface area contributed by atoms with Gasteiger partial charge in [-0.15, -0.1) is 0 Å². The summed E-state index contributed by atoms with van der Waals surface area (Å²) in [6.07, 6.45) is 0. The van der Waals surface area contributed by atoms with Crippen LogP contribution >= 0.6 is 23.8 Å². The molecule has 2 rings (SSSR count). The Hall–Kier alpha value is -1.65. The van der Waals surface area contributed by atoms with Gasteiger partial charge in [-0.25, -0.2) is 4.39 Å². The summed E-state index contributed by atoms with van der Waals surface area (Å²) in [4.78, 5) is 0. The zero-order valence-electron chi connectivity index (χ0n) is 11.1. The first-order valence-corrected chi connectivity index (χ1v) is 6.85. The molecule has 2 aromatic carbocycles. The molecule has 104 valence electrons. The van der Waals surface area contributed by atoms with E-state index in [4.69, 9.17) is 23.8 Å². The average molecular weight is 309 g/mol. The minimum absolute atomic E-state index is 0.267. The summed E-state index contributed by atoms with van der Waals surface area (Å²) in [6.45, 7) is 3.65. The number of anilines is 2. The number of hydrogen-bond acceptors (Lipinski definition) is 1. The maximum Gasteiger partial charge on any atom is 0.175 e. The molecule has 0 fully saturated rings. The van der Waals surface area contributed by atoms with Crippen molar-refractivity contribution in [3.05, 3.63) is 58.4 Å². The van der Waals surface area contributed by atoms with Crippen LogP contribution in [0.5, 0.6) is 0 Å². The van der Waals surface area contributed by atoms with Crippen LogP contribution in [0.1, 0.15) is 11.1 Å². The lowest BCUT2D eigenvalue weighted by molar-refractivity contribution is 0.619. The maximum absolute atomic E-state index is 13.5. The molecule has 2 nitrogen and oxygen atoms in total. The largest absolute Gasteiger partial charge is 0.332 e. The van der Waals surface area contributed by atoms with Crippen molar-refractivity contribution in [1.82, 2.24) is 0 Å². The highest BCUT2D eigenvalue weighted by Crippen LogP contribution is 2.21. The first-order valence-electron chi connectivity index (χ1n) is 6.06. The normalized spacial score (nSPS) is 10.2. The molecular formula is C15H14ClFN2S. The first-order chi connectivity index (χ1) is 9.47. The number of benzene rings is 2. The average Bonchev–Trinajstić information content (AvgIpc) is 2.39. The number of rotatable bonds is 2. The molecule has 0 spiro atoms. The van der Waals surface area contributed by atoms with Gasteiger partial charge in [0, 0.05) is 22.0 Å². The van der Waals surface area contributed by atoms with Crippen molar-refractivity contribution >= 4 is 40.3 Å². The van der Waals surface area contributed by atoms with E-state index < -0.39 is 0 Å². The Morgan fingerprint density at radius 2 is 1.80 bits per heavy atom. The Kier molecular flexibility index (Phi) is 4.57. The van der Waals surface area contributed by atoms with Crippen LogP contribution in [0.4, 0.5) is 15.8 Å². The van der Waals surface area contributed by atoms with Crippen LogP contribution in [0.15, 0.2) is 36.4 Å². The van der Waals surface area contributed by atoms with E-state index in [2.05, 4.69) is 10.6 Å². The molecule has 0 heterocycles. The van der Waals surface area contributed by atoms with E-state index in [0.717, 1.165) is 11.3 Å². The molecule has 0 saturated heterocycles. The van der Waals surface area contributed by atoms with Gasteiger partial charge in [-0.05, 0) is 55.9 Å². The topological polar surface area (TPSA) is 24.1 Å². The Bertz CT molecular complexity index is 652. The highest BCUT2D eigenvalue weighted by molar-refractivity contribution is 7.80. The maximum atomic E-state index is 13.5. The van der Waals surface area contributed by atoms with Crippen LogP contribution in [0.25, 0.3) is 0 Å². The van der Waals surface area contributed by atoms with Crippen molar-refractivity contribution in [2.75, 3.05) is 10.6 Å². The standard InChI is InChI=1S/C15H14ClFN2S/c1-9-6-7-11(16)8-14(9)19-15(20)18-13-5-3-4-12(17)10(13)2/h3-8H,1-2H3,(H2,18,19,20). The monoisotopic (exact) mass is 308 g/mol. The van der Waals surface area contributed by atoms with Gasteiger partial charge in [-0.2, -0.15) is 0 Å². The molecule has 0 aliphatic heterocycles. The van der Waals surface area contributed by atoms with Crippen LogP contribution in [-0.2, 0) is 0 Å². The van der Waals surface area contributed by atoms with Gasteiger partial charge in [0.15, 0.2) is 5.11 Å². The molecule has 0 aliphatic carbocycles. The van der Waals surface area contributed by atoms with Crippen molar-refractivity contribution in [3.8, 4) is 0 Å². The second-order valence-corrected chi connectivity index (χ2v) is 5.30. The lowest BCUT2D eigenvalue weighted by atomic mass is 10.2. The lowest BCUT2D eigenvalue weighted by Gasteiger charge is -2.14. The molecule has 0 atom stereocenters. The number of hydrogen-bond donors (Lipinski definition) is 2. The summed E-state index contributed by atoms with van der Waals surface area (Å²) in [5.74, 6) is -0.267. The molecule has 0 aromatic heterocycles. The van der Waals surface area contributed by atoms with E-state index in [1.165, 1.54) is 6.07 Å². The molecule has 0 saturated carbocycles. The smallest absolute Gasteiger partial charge is 0.175 e. The van der Waals surface area contributed by atoms with Gasteiger partial charge in [0.2, 0.25) is 0 Å². The molecule has 2 N–H and O–H groups in total. The first kappa shape index (κ1) is 14.8. The van der Waals surface area contributed by atoms with Crippen molar-refractivity contribution in [2.45, 2.75) is 13.8 Å². The van der Waals surface area contributed by atoms with Gasteiger partial charge in [-0.1, -0.05) is 23.7 Å². The fraction of sp³-hybridized carbons (Fsp3) is 0.133. The van der Waals surface area contributed by atoms with E-state index >= 15 is 0 Å². The van der Waals surface area contributed by atoms with Crippen molar-refractivity contribution in [2.24, 2.45) is 0 Å². The van der Waals surface area contributed by atoms with Crippen LogP contribution in [0.3, 0.4) is 0 Å². The molecule has 0 unspecified atom stereocenters. The van der Waals surface area contributed by atoms with E-state index in [1.807, 2.05) is 19.1 Å². The third-order valence-electron chi connectivity index (χ3n) is 2.96. The molecule has 5 heteroatoms. The predicted molar refractivity (Wildman–Crippen MR) is 87.2 cm³/mol. The molecule has 0 aliphatic rings. The van der Waals surface area contributed by atoms with E-state index in [0.29, 0.717) is 21.4 Å². The zero-order valence-corrected chi connectivity index (χ0v) is 12.7. The Morgan fingerprint density at radius 1 is 1.10 bits per heavy atom. The SMILES string of the molecule is Cc1ccc(Cl)cc1NC(=S)Nc1cccc(F)c1C. The van der Waals surface area contributed by atoms with Gasteiger partial charge >= 0.3 is 0 Å². The van der Waals surface area contributed by atoms with Gasteiger partial charge in [-0.3, -0.25) is 0 Å². The van der Waals surface area contributed by atoms with E-state index in [1.54, 1.807) is 25.1 Å². The van der Waals surface area contributed by atoms with E-state index in [-0.39, 0.29) is 5.82 Å². The third-order valence-corrected chi connectivity index (χ3v) is 3.40. The molecule has 0 amide bonds. The number of thiocarbonyl (C=S) groups is 1. The Labute approximate surface area is 128 Å². The van der Waals surface area contributed by atoms with Crippen LogP contribution < -0.4 is 10.6 Å². The second kappa shape index (κ2) is 6.20. The summed E-state index contributed by atoms with van der Waals surface area (Å²) < 4.78 is 13.5. The molecular weight excluding hydrogens is 295 g/mol. The summed E-state index contributed by atoms with van der Waals surface area (Å²) in [6, 6.07) is 10.3. The number of halogens is 2. The summed E-state index contributed by atoms with van der Waals surface area (Å²) >= 11 is 11.2. The summed E-state index contributed by atoms with van der Waals surface area (Å²) in [5.41, 5.74) is 3.01. The fourth-order valence-corrected chi connectivity index (χ4v) is 2.14. The van der Waals surface area contributed by atoms with Crippen molar-refractivity contribution in [1.29, 1.82) is 0 Å². The third kappa shape index (κ3) is 3.46. The van der Waals surface area contributed by atoms with Gasteiger partial charge < -0.3 is 10.6 Å². The number of nitrogens with one attached hydrogen (secondary N) is 2. The highest BCUT2D eigenvalue weighted by atomic mass is 35.5. The molecule has 0 bridgehead atoms. The Morgan fingerprint density at radius 3 is 2.55 bits per heavy atom.